The quantitative estimate of drug-likeness (QED) is 0.763. The second kappa shape index (κ2) is 6.40. The zero-order chi connectivity index (χ0) is 15.4. The third-order valence-corrected chi connectivity index (χ3v) is 3.40. The van der Waals surface area contributed by atoms with E-state index in [0.29, 0.717) is 0 Å². The maximum atomic E-state index is 12.0. The van der Waals surface area contributed by atoms with Gasteiger partial charge in [-0.1, -0.05) is 0 Å². The minimum absolute atomic E-state index is 0.0797. The number of ether oxygens (including phenoxy) is 1. The molecule has 2 atom stereocenters. The van der Waals surface area contributed by atoms with Crippen molar-refractivity contribution >= 4 is 17.8 Å². The number of hydrogen-bond donors (Lipinski definition) is 2. The fraction of sp³-hybridized carbons (Fsp3) is 0.462. The van der Waals surface area contributed by atoms with Crippen LogP contribution in [0.1, 0.15) is 10.6 Å². The van der Waals surface area contributed by atoms with Crippen LogP contribution in [0.2, 0.25) is 0 Å². The molecule has 0 aromatic carbocycles. The van der Waals surface area contributed by atoms with Gasteiger partial charge in [-0.05, 0) is 12.1 Å². The average molecular weight is 296 g/mol. The Bertz CT molecular complexity index is 527. The highest BCUT2D eigenvalue weighted by Crippen LogP contribution is 2.18. The summed E-state index contributed by atoms with van der Waals surface area (Å²) < 4.78 is 10.0. The van der Waals surface area contributed by atoms with Crippen LogP contribution in [0.25, 0.3) is 0 Å². The predicted octanol–water partition coefficient (Wildman–Crippen LogP) is -0.433. The first kappa shape index (κ1) is 15.0. The van der Waals surface area contributed by atoms with Crippen molar-refractivity contribution < 1.29 is 28.6 Å². The normalized spacial score (nSPS) is 21.0. The molecule has 1 saturated heterocycles. The zero-order valence-electron chi connectivity index (χ0n) is 11.4. The second-order valence-electron chi connectivity index (χ2n) is 4.71. The lowest BCUT2D eigenvalue weighted by atomic mass is 10.0. The molecule has 1 aromatic heterocycles. The van der Waals surface area contributed by atoms with Gasteiger partial charge in [0.2, 0.25) is 5.91 Å². The highest BCUT2D eigenvalue weighted by atomic mass is 16.5. The molecule has 0 aliphatic carbocycles. The lowest BCUT2D eigenvalue weighted by Gasteiger charge is -2.26. The van der Waals surface area contributed by atoms with Gasteiger partial charge in [-0.25, -0.2) is 0 Å². The molecule has 2 unspecified atom stereocenters. The van der Waals surface area contributed by atoms with Crippen LogP contribution in [0, 0.1) is 5.92 Å². The first-order valence-electron chi connectivity index (χ1n) is 6.38. The van der Waals surface area contributed by atoms with E-state index >= 15 is 0 Å². The number of aliphatic carboxylic acids is 1. The van der Waals surface area contributed by atoms with Crippen LogP contribution >= 0.6 is 0 Å². The van der Waals surface area contributed by atoms with Crippen molar-refractivity contribution in [2.75, 3.05) is 26.8 Å². The molecule has 2 rings (SSSR count). The lowest BCUT2D eigenvalue weighted by Crippen LogP contribution is -2.47. The van der Waals surface area contributed by atoms with Gasteiger partial charge in [0, 0.05) is 7.05 Å². The van der Waals surface area contributed by atoms with E-state index in [2.05, 4.69) is 5.32 Å². The van der Waals surface area contributed by atoms with E-state index in [-0.39, 0.29) is 25.5 Å². The van der Waals surface area contributed by atoms with Crippen molar-refractivity contribution in [1.29, 1.82) is 0 Å². The van der Waals surface area contributed by atoms with Gasteiger partial charge in [0.25, 0.3) is 5.91 Å². The number of nitrogens with zero attached hydrogens (tertiary/aromatic N) is 1. The van der Waals surface area contributed by atoms with E-state index in [0.717, 1.165) is 0 Å². The van der Waals surface area contributed by atoms with Crippen LogP contribution in [0.3, 0.4) is 0 Å². The Kier molecular flexibility index (Phi) is 4.59. The van der Waals surface area contributed by atoms with Crippen molar-refractivity contribution in [1.82, 2.24) is 10.2 Å². The van der Waals surface area contributed by atoms with Crippen LogP contribution in [-0.2, 0) is 14.3 Å². The number of likely N-dealkylation sites (N-methyl/N-ethyl adjacent to an activating group) is 1. The number of carboxylic acid groups (broad SMARTS) is 1. The van der Waals surface area contributed by atoms with E-state index in [4.69, 9.17) is 14.3 Å². The molecule has 2 amide bonds. The second-order valence-corrected chi connectivity index (χ2v) is 4.71. The molecule has 8 heteroatoms. The summed E-state index contributed by atoms with van der Waals surface area (Å²) in [5, 5.41) is 11.5. The van der Waals surface area contributed by atoms with E-state index < -0.39 is 29.7 Å². The van der Waals surface area contributed by atoms with E-state index in [1.807, 2.05) is 0 Å². The number of amides is 2. The van der Waals surface area contributed by atoms with E-state index in [1.165, 1.54) is 24.3 Å². The molecule has 0 spiro atoms. The molecule has 114 valence electrons. The van der Waals surface area contributed by atoms with Crippen LogP contribution in [0.5, 0.6) is 0 Å². The number of rotatable bonds is 5. The highest BCUT2D eigenvalue weighted by molar-refractivity contribution is 5.94. The molecule has 0 radical (unpaired) electrons. The Morgan fingerprint density at radius 1 is 1.43 bits per heavy atom. The Morgan fingerprint density at radius 3 is 2.81 bits per heavy atom. The van der Waals surface area contributed by atoms with Gasteiger partial charge in [-0.15, -0.1) is 0 Å². The molecule has 2 heterocycles. The van der Waals surface area contributed by atoms with Crippen molar-refractivity contribution in [3.05, 3.63) is 24.2 Å². The van der Waals surface area contributed by atoms with Crippen LogP contribution < -0.4 is 5.32 Å². The van der Waals surface area contributed by atoms with Gasteiger partial charge >= 0.3 is 5.97 Å². The molecule has 0 bridgehead atoms. The summed E-state index contributed by atoms with van der Waals surface area (Å²) in [7, 11) is 1.50. The van der Waals surface area contributed by atoms with Gasteiger partial charge in [-0.3, -0.25) is 14.4 Å². The first-order valence-corrected chi connectivity index (χ1v) is 6.38. The maximum absolute atomic E-state index is 12.0. The molecule has 1 aromatic rings. The van der Waals surface area contributed by atoms with Crippen molar-refractivity contribution in [3.63, 3.8) is 0 Å². The number of carbonyl (C=O) groups excluding carboxylic acids is 2. The smallest absolute Gasteiger partial charge is 0.311 e. The minimum atomic E-state index is -1.00. The van der Waals surface area contributed by atoms with Gasteiger partial charge in [0.15, 0.2) is 5.76 Å². The summed E-state index contributed by atoms with van der Waals surface area (Å²) in [6.07, 6.45) is 1.36. The van der Waals surface area contributed by atoms with Crippen LogP contribution in [0.15, 0.2) is 22.8 Å². The molecule has 21 heavy (non-hydrogen) atoms. The monoisotopic (exact) mass is 296 g/mol. The van der Waals surface area contributed by atoms with Crippen molar-refractivity contribution in [2.24, 2.45) is 5.92 Å². The fourth-order valence-corrected chi connectivity index (χ4v) is 2.12. The summed E-state index contributed by atoms with van der Waals surface area (Å²) in [5.41, 5.74) is 0. The van der Waals surface area contributed by atoms with Crippen molar-refractivity contribution in [3.8, 4) is 0 Å². The molecule has 2 N–H and O–H groups in total. The minimum Gasteiger partial charge on any atom is -0.481 e. The molecule has 1 fully saturated rings. The molecular formula is C13H16N2O6. The van der Waals surface area contributed by atoms with Gasteiger partial charge in [-0.2, -0.15) is 0 Å². The predicted molar refractivity (Wildman–Crippen MR) is 69.5 cm³/mol. The van der Waals surface area contributed by atoms with Gasteiger partial charge in [0.05, 0.1) is 32.1 Å². The molecular weight excluding hydrogens is 280 g/mol. The Balaban J connectivity index is 1.88. The number of furan rings is 1. The molecule has 8 nitrogen and oxygen atoms in total. The Morgan fingerprint density at radius 2 is 2.19 bits per heavy atom. The van der Waals surface area contributed by atoms with Crippen molar-refractivity contribution in [2.45, 2.75) is 6.04 Å². The number of carboxylic acids is 1. The molecule has 1 aliphatic heterocycles. The highest BCUT2D eigenvalue weighted by Gasteiger charge is 2.38. The van der Waals surface area contributed by atoms with E-state index in [9.17, 15) is 14.4 Å². The lowest BCUT2D eigenvalue weighted by molar-refractivity contribution is -0.144. The summed E-state index contributed by atoms with van der Waals surface area (Å²) in [5.74, 6) is -2.54. The summed E-state index contributed by atoms with van der Waals surface area (Å²) in [6.45, 7) is 0.0145. The zero-order valence-corrected chi connectivity index (χ0v) is 11.4. The van der Waals surface area contributed by atoms with Crippen LogP contribution in [0.4, 0.5) is 0 Å². The van der Waals surface area contributed by atoms with Crippen LogP contribution in [-0.4, -0.2) is 60.6 Å². The third-order valence-electron chi connectivity index (χ3n) is 3.40. The summed E-state index contributed by atoms with van der Waals surface area (Å²) >= 11 is 0. The number of nitrogens with one attached hydrogen (secondary N) is 1. The van der Waals surface area contributed by atoms with E-state index in [1.54, 1.807) is 6.07 Å². The standard InChI is InChI=1S/C13H16N2O6/c1-15(9-7-20-6-8(9)13(18)19)11(16)5-14-12(17)10-3-2-4-21-10/h2-4,8-9H,5-7H2,1H3,(H,14,17)(H,18,19). The maximum Gasteiger partial charge on any atom is 0.311 e. The number of hydrogen-bond acceptors (Lipinski definition) is 5. The average Bonchev–Trinajstić information content (AvgIpc) is 3.13. The Hall–Kier alpha value is -2.35. The molecule has 0 saturated carbocycles. The SMILES string of the molecule is CN(C(=O)CNC(=O)c1ccco1)C1COCC1C(=O)O. The topological polar surface area (TPSA) is 109 Å². The fourth-order valence-electron chi connectivity index (χ4n) is 2.12. The largest absolute Gasteiger partial charge is 0.481 e. The summed E-state index contributed by atoms with van der Waals surface area (Å²) in [4.78, 5) is 36.0. The Labute approximate surface area is 120 Å². The number of carbonyl (C=O) groups is 3. The van der Waals surface area contributed by atoms with Gasteiger partial charge < -0.3 is 24.5 Å². The summed E-state index contributed by atoms with van der Waals surface area (Å²) in [6, 6.07) is 2.51. The third kappa shape index (κ3) is 3.40. The first-order chi connectivity index (χ1) is 10.0. The van der Waals surface area contributed by atoms with Gasteiger partial charge in [0.1, 0.15) is 5.92 Å². The molecule has 1 aliphatic rings.